The third kappa shape index (κ3) is 5.20. The number of hydrogen-bond acceptors (Lipinski definition) is 5. The van der Waals surface area contributed by atoms with Crippen LogP contribution in [-0.2, 0) is 17.7 Å². The second-order valence-electron chi connectivity index (χ2n) is 8.41. The lowest BCUT2D eigenvalue weighted by molar-refractivity contribution is 0.0365. The van der Waals surface area contributed by atoms with Crippen LogP contribution in [0.3, 0.4) is 0 Å². The molecule has 4 aromatic rings. The smallest absolute Gasteiger partial charge is 0.358 e. The fourth-order valence-corrected chi connectivity index (χ4v) is 4.17. The lowest BCUT2D eigenvalue weighted by atomic mass is 9.97. The van der Waals surface area contributed by atoms with E-state index in [-0.39, 0.29) is 11.3 Å². The van der Waals surface area contributed by atoms with E-state index in [1.54, 1.807) is 6.20 Å². The van der Waals surface area contributed by atoms with Gasteiger partial charge in [-0.3, -0.25) is 0 Å². The number of rotatable bonds is 9. The SMILES string of the molecule is CCCCc1nc(Cl)c(C(=O)OC(C)C)n1Cc1ccc(-c2ccccc2-c2cn[nH]n2)cc1. The van der Waals surface area contributed by atoms with Gasteiger partial charge in [-0.2, -0.15) is 15.4 Å². The molecule has 0 spiro atoms. The van der Waals surface area contributed by atoms with Crippen molar-refractivity contribution in [1.82, 2.24) is 25.0 Å². The quantitative estimate of drug-likeness (QED) is 0.301. The number of halogens is 1. The molecule has 0 bridgehead atoms. The summed E-state index contributed by atoms with van der Waals surface area (Å²) in [6.45, 7) is 6.24. The summed E-state index contributed by atoms with van der Waals surface area (Å²) < 4.78 is 7.33. The Bertz CT molecular complexity index is 1250. The summed E-state index contributed by atoms with van der Waals surface area (Å²) in [5, 5.41) is 11.0. The lowest BCUT2D eigenvalue weighted by Crippen LogP contribution is -2.18. The molecule has 0 saturated heterocycles. The van der Waals surface area contributed by atoms with E-state index in [4.69, 9.17) is 16.3 Å². The first kappa shape index (κ1) is 23.7. The molecule has 34 heavy (non-hydrogen) atoms. The zero-order chi connectivity index (χ0) is 24.1. The molecule has 0 fully saturated rings. The van der Waals surface area contributed by atoms with Crippen molar-refractivity contribution in [2.24, 2.45) is 0 Å². The molecule has 176 valence electrons. The van der Waals surface area contributed by atoms with Crippen LogP contribution in [0.1, 0.15) is 55.5 Å². The summed E-state index contributed by atoms with van der Waals surface area (Å²) >= 11 is 6.40. The number of nitrogens with zero attached hydrogens (tertiary/aromatic N) is 4. The van der Waals surface area contributed by atoms with Crippen molar-refractivity contribution in [3.63, 3.8) is 0 Å². The number of benzene rings is 2. The number of carbonyl (C=O) groups is 1. The molecular formula is C26H28ClN5O2. The second kappa shape index (κ2) is 10.7. The molecule has 2 heterocycles. The molecule has 7 nitrogen and oxygen atoms in total. The first-order valence-corrected chi connectivity index (χ1v) is 11.9. The highest BCUT2D eigenvalue weighted by Gasteiger charge is 2.24. The topological polar surface area (TPSA) is 85.7 Å². The van der Waals surface area contributed by atoms with Crippen molar-refractivity contribution >= 4 is 17.6 Å². The Hall–Kier alpha value is -3.45. The van der Waals surface area contributed by atoms with E-state index in [0.29, 0.717) is 12.2 Å². The van der Waals surface area contributed by atoms with Gasteiger partial charge < -0.3 is 9.30 Å². The molecule has 2 aromatic carbocycles. The van der Waals surface area contributed by atoms with Crippen molar-refractivity contribution in [3.05, 3.63) is 77.0 Å². The van der Waals surface area contributed by atoms with Crippen molar-refractivity contribution in [1.29, 1.82) is 0 Å². The minimum atomic E-state index is -0.451. The molecule has 0 amide bonds. The predicted octanol–water partition coefficient (Wildman–Crippen LogP) is 5.94. The number of carbonyl (C=O) groups excluding carboxylic acids is 1. The molecule has 0 aliphatic rings. The van der Waals surface area contributed by atoms with Crippen LogP contribution in [0.4, 0.5) is 0 Å². The molecule has 0 saturated carbocycles. The third-order valence-electron chi connectivity index (χ3n) is 5.52. The van der Waals surface area contributed by atoms with E-state index >= 15 is 0 Å². The van der Waals surface area contributed by atoms with Crippen LogP contribution in [0.25, 0.3) is 22.4 Å². The Morgan fingerprint density at radius 2 is 1.85 bits per heavy atom. The van der Waals surface area contributed by atoms with E-state index in [9.17, 15) is 4.79 Å². The Morgan fingerprint density at radius 1 is 1.12 bits per heavy atom. The number of esters is 1. The molecule has 0 aliphatic carbocycles. The van der Waals surface area contributed by atoms with Gasteiger partial charge in [0.1, 0.15) is 11.5 Å². The number of aromatic nitrogens is 5. The summed E-state index contributed by atoms with van der Waals surface area (Å²) in [5.74, 6) is 0.344. The maximum atomic E-state index is 12.8. The van der Waals surface area contributed by atoms with E-state index in [0.717, 1.165) is 53.0 Å². The predicted molar refractivity (Wildman–Crippen MR) is 133 cm³/mol. The normalized spacial score (nSPS) is 11.2. The number of aromatic amines is 1. The number of unbranched alkanes of at least 4 members (excludes halogenated alkanes) is 1. The van der Waals surface area contributed by atoms with Crippen molar-refractivity contribution < 1.29 is 9.53 Å². The zero-order valence-corrected chi connectivity index (χ0v) is 20.3. The fraction of sp³-hybridized carbons (Fsp3) is 0.308. The summed E-state index contributed by atoms with van der Waals surface area (Å²) in [4.78, 5) is 17.3. The highest BCUT2D eigenvalue weighted by atomic mass is 35.5. The van der Waals surface area contributed by atoms with Gasteiger partial charge in [0.25, 0.3) is 0 Å². The monoisotopic (exact) mass is 477 g/mol. The Balaban J connectivity index is 1.65. The van der Waals surface area contributed by atoms with Crippen LogP contribution in [0.15, 0.2) is 54.7 Å². The molecule has 1 N–H and O–H groups in total. The van der Waals surface area contributed by atoms with Gasteiger partial charge in [-0.1, -0.05) is 73.5 Å². The molecular weight excluding hydrogens is 450 g/mol. The van der Waals surface area contributed by atoms with Gasteiger partial charge in [0.15, 0.2) is 10.8 Å². The maximum absolute atomic E-state index is 12.8. The minimum Gasteiger partial charge on any atom is -0.458 e. The van der Waals surface area contributed by atoms with Gasteiger partial charge in [-0.25, -0.2) is 9.78 Å². The number of H-pyrrole nitrogens is 1. The molecule has 0 radical (unpaired) electrons. The van der Waals surface area contributed by atoms with E-state index < -0.39 is 5.97 Å². The molecule has 0 aliphatic heterocycles. The Kier molecular flexibility index (Phi) is 7.43. The van der Waals surface area contributed by atoms with E-state index in [1.165, 1.54) is 0 Å². The first-order valence-electron chi connectivity index (χ1n) is 11.5. The van der Waals surface area contributed by atoms with Crippen LogP contribution >= 0.6 is 11.6 Å². The first-order chi connectivity index (χ1) is 16.5. The largest absolute Gasteiger partial charge is 0.458 e. The number of ether oxygens (including phenoxy) is 1. The molecule has 2 aromatic heterocycles. The zero-order valence-electron chi connectivity index (χ0n) is 19.6. The van der Waals surface area contributed by atoms with Gasteiger partial charge in [0, 0.05) is 18.5 Å². The van der Waals surface area contributed by atoms with Crippen molar-refractivity contribution in [3.8, 4) is 22.4 Å². The van der Waals surface area contributed by atoms with Crippen molar-refractivity contribution in [2.45, 2.75) is 52.7 Å². The lowest BCUT2D eigenvalue weighted by Gasteiger charge is -2.14. The average molecular weight is 478 g/mol. The molecule has 8 heteroatoms. The van der Waals surface area contributed by atoms with Gasteiger partial charge in [-0.15, -0.1) is 0 Å². The molecule has 4 rings (SSSR count). The van der Waals surface area contributed by atoms with Crippen LogP contribution in [0, 0.1) is 0 Å². The second-order valence-corrected chi connectivity index (χ2v) is 8.77. The Morgan fingerprint density at radius 3 is 2.50 bits per heavy atom. The minimum absolute atomic E-state index is 0.190. The highest BCUT2D eigenvalue weighted by molar-refractivity contribution is 6.32. The van der Waals surface area contributed by atoms with Crippen molar-refractivity contribution in [2.75, 3.05) is 0 Å². The standard InChI is InChI=1S/C26H28ClN5O2/c1-4-5-10-23-29-25(27)24(26(33)34-17(2)3)32(23)16-18-11-13-19(14-12-18)20-8-6-7-9-21(20)22-15-28-31-30-22/h6-9,11-15,17H,4-5,10,16H2,1-3H3,(H,28,30,31). The third-order valence-corrected chi connectivity index (χ3v) is 5.78. The highest BCUT2D eigenvalue weighted by Crippen LogP contribution is 2.31. The van der Waals surface area contributed by atoms with Crippen LogP contribution < -0.4 is 0 Å². The number of imidazole rings is 1. The van der Waals surface area contributed by atoms with E-state index in [2.05, 4.69) is 57.7 Å². The van der Waals surface area contributed by atoms with Gasteiger partial charge in [0.05, 0.1) is 12.3 Å². The van der Waals surface area contributed by atoms with E-state index in [1.807, 2.05) is 36.6 Å². The van der Waals surface area contributed by atoms with Gasteiger partial charge >= 0.3 is 5.97 Å². The van der Waals surface area contributed by atoms with Crippen LogP contribution in [0.5, 0.6) is 0 Å². The molecule has 0 atom stereocenters. The summed E-state index contributed by atoms with van der Waals surface area (Å²) in [5.41, 5.74) is 5.28. The van der Waals surface area contributed by atoms with Crippen LogP contribution in [0.2, 0.25) is 5.15 Å². The summed E-state index contributed by atoms with van der Waals surface area (Å²) in [6, 6.07) is 16.4. The number of nitrogens with one attached hydrogen (secondary N) is 1. The molecule has 0 unspecified atom stereocenters. The van der Waals surface area contributed by atoms with Gasteiger partial charge in [-0.05, 0) is 37.0 Å². The maximum Gasteiger partial charge on any atom is 0.358 e. The summed E-state index contributed by atoms with van der Waals surface area (Å²) in [7, 11) is 0. The number of aryl methyl sites for hydroxylation is 1. The Labute approximate surface area is 204 Å². The fourth-order valence-electron chi connectivity index (χ4n) is 3.89. The summed E-state index contributed by atoms with van der Waals surface area (Å²) in [6.07, 6.45) is 4.20. The number of hydrogen-bond donors (Lipinski definition) is 1. The average Bonchev–Trinajstić information content (AvgIpc) is 3.46. The van der Waals surface area contributed by atoms with Gasteiger partial charge in [0.2, 0.25) is 0 Å². The van der Waals surface area contributed by atoms with Crippen LogP contribution in [-0.4, -0.2) is 37.0 Å².